The second-order valence-corrected chi connectivity index (χ2v) is 7.37. The average molecular weight is 366 g/mol. The van der Waals surface area contributed by atoms with Gasteiger partial charge >= 0.3 is 0 Å². The van der Waals surface area contributed by atoms with Crippen molar-refractivity contribution in [3.63, 3.8) is 0 Å². The average Bonchev–Trinajstić information content (AvgIpc) is 3.04. The number of aryl methyl sites for hydroxylation is 4. The molecular weight excluding hydrogens is 344 g/mol. The van der Waals surface area contributed by atoms with Gasteiger partial charge in [-0.2, -0.15) is 0 Å². The van der Waals surface area contributed by atoms with E-state index in [0.29, 0.717) is 5.16 Å². The molecule has 0 radical (unpaired) electrons. The maximum absolute atomic E-state index is 12.3. The van der Waals surface area contributed by atoms with Crippen LogP contribution in [0, 0.1) is 27.7 Å². The first-order chi connectivity index (χ1) is 12.4. The minimum atomic E-state index is -0.0582. The van der Waals surface area contributed by atoms with Crippen LogP contribution in [-0.2, 0) is 4.79 Å². The van der Waals surface area contributed by atoms with Gasteiger partial charge in [0.2, 0.25) is 5.91 Å². The van der Waals surface area contributed by atoms with Gasteiger partial charge in [-0.25, -0.2) is 0 Å². The first kappa shape index (κ1) is 18.2. The summed E-state index contributed by atoms with van der Waals surface area (Å²) in [5.41, 5.74) is 6.46. The zero-order valence-electron chi connectivity index (χ0n) is 15.4. The zero-order valence-corrected chi connectivity index (χ0v) is 16.2. The lowest BCUT2D eigenvalue weighted by Gasteiger charge is -2.11. The number of benzene rings is 2. The molecule has 2 aromatic carbocycles. The summed E-state index contributed by atoms with van der Waals surface area (Å²) in [6, 6.07) is 12.2. The molecule has 0 aliphatic rings. The largest absolute Gasteiger partial charge is 0.325 e. The van der Waals surface area contributed by atoms with E-state index in [2.05, 4.69) is 47.6 Å². The number of carbonyl (C=O) groups excluding carboxylic acids is 1. The quantitative estimate of drug-likeness (QED) is 0.687. The van der Waals surface area contributed by atoms with Gasteiger partial charge in [0.05, 0.1) is 11.4 Å². The van der Waals surface area contributed by atoms with Crippen molar-refractivity contribution in [3.05, 3.63) is 65.0 Å². The fraction of sp³-hybridized carbons (Fsp3) is 0.250. The summed E-state index contributed by atoms with van der Waals surface area (Å²) in [7, 11) is 0. The molecule has 1 amide bonds. The minimum absolute atomic E-state index is 0.0582. The van der Waals surface area contributed by atoms with Gasteiger partial charge in [0.15, 0.2) is 5.16 Å². The first-order valence-electron chi connectivity index (χ1n) is 8.41. The van der Waals surface area contributed by atoms with Crippen molar-refractivity contribution in [2.75, 3.05) is 11.1 Å². The van der Waals surface area contributed by atoms with Crippen molar-refractivity contribution < 1.29 is 4.79 Å². The van der Waals surface area contributed by atoms with Gasteiger partial charge in [-0.15, -0.1) is 10.2 Å². The molecule has 3 rings (SSSR count). The van der Waals surface area contributed by atoms with Crippen LogP contribution in [0.3, 0.4) is 0 Å². The van der Waals surface area contributed by atoms with E-state index in [-0.39, 0.29) is 11.7 Å². The van der Waals surface area contributed by atoms with Gasteiger partial charge in [-0.1, -0.05) is 47.2 Å². The van der Waals surface area contributed by atoms with Crippen molar-refractivity contribution in [2.24, 2.45) is 0 Å². The predicted molar refractivity (Wildman–Crippen MR) is 106 cm³/mol. The zero-order chi connectivity index (χ0) is 18.7. The molecule has 26 heavy (non-hydrogen) atoms. The van der Waals surface area contributed by atoms with Crippen LogP contribution in [0.15, 0.2) is 47.9 Å². The van der Waals surface area contributed by atoms with E-state index in [1.54, 1.807) is 6.33 Å². The predicted octanol–water partition coefficient (Wildman–Crippen LogP) is 4.23. The number of thioether (sulfide) groups is 1. The number of rotatable bonds is 5. The number of hydrogen-bond acceptors (Lipinski definition) is 4. The van der Waals surface area contributed by atoms with E-state index >= 15 is 0 Å². The van der Waals surface area contributed by atoms with Crippen LogP contribution >= 0.6 is 11.8 Å². The minimum Gasteiger partial charge on any atom is -0.325 e. The van der Waals surface area contributed by atoms with Crippen LogP contribution in [0.4, 0.5) is 5.69 Å². The summed E-state index contributed by atoms with van der Waals surface area (Å²) >= 11 is 1.38. The van der Waals surface area contributed by atoms with Gasteiger partial charge in [0.25, 0.3) is 0 Å². The molecule has 0 spiro atoms. The van der Waals surface area contributed by atoms with Crippen molar-refractivity contribution in [1.29, 1.82) is 0 Å². The first-order valence-corrected chi connectivity index (χ1v) is 9.40. The molecule has 0 saturated carbocycles. The molecule has 1 N–H and O–H groups in total. The van der Waals surface area contributed by atoms with Crippen LogP contribution in [0.5, 0.6) is 0 Å². The lowest BCUT2D eigenvalue weighted by Crippen LogP contribution is -2.15. The van der Waals surface area contributed by atoms with Crippen molar-refractivity contribution in [3.8, 4) is 5.69 Å². The highest BCUT2D eigenvalue weighted by atomic mass is 32.2. The molecule has 0 saturated heterocycles. The Balaban J connectivity index is 1.69. The number of nitrogens with zero attached hydrogens (tertiary/aromatic N) is 3. The van der Waals surface area contributed by atoms with Gasteiger partial charge in [-0.05, 0) is 51.0 Å². The third-order valence-corrected chi connectivity index (χ3v) is 5.06. The van der Waals surface area contributed by atoms with Crippen LogP contribution < -0.4 is 5.32 Å². The number of hydrogen-bond donors (Lipinski definition) is 1. The summed E-state index contributed by atoms with van der Waals surface area (Å²) in [6.45, 7) is 8.15. The van der Waals surface area contributed by atoms with Crippen LogP contribution in [0.2, 0.25) is 0 Å². The molecule has 0 aliphatic carbocycles. The maximum atomic E-state index is 12.3. The van der Waals surface area contributed by atoms with E-state index in [1.807, 2.05) is 36.6 Å². The fourth-order valence-corrected chi connectivity index (χ4v) is 3.56. The topological polar surface area (TPSA) is 59.8 Å². The summed E-state index contributed by atoms with van der Waals surface area (Å²) in [4.78, 5) is 12.3. The lowest BCUT2D eigenvalue weighted by atomic mass is 10.1. The van der Waals surface area contributed by atoms with Crippen molar-refractivity contribution in [2.45, 2.75) is 32.9 Å². The molecule has 3 aromatic rings. The second kappa shape index (κ2) is 7.74. The van der Waals surface area contributed by atoms with Gasteiger partial charge in [0.1, 0.15) is 6.33 Å². The third kappa shape index (κ3) is 4.14. The summed E-state index contributed by atoms with van der Waals surface area (Å²) in [6.07, 6.45) is 1.68. The van der Waals surface area contributed by atoms with Crippen LogP contribution in [0.25, 0.3) is 5.69 Å². The lowest BCUT2D eigenvalue weighted by molar-refractivity contribution is -0.113. The van der Waals surface area contributed by atoms with Crippen molar-refractivity contribution >= 4 is 23.4 Å². The molecule has 6 heteroatoms. The van der Waals surface area contributed by atoms with Gasteiger partial charge in [-0.3, -0.25) is 9.36 Å². The Hall–Kier alpha value is -2.60. The Kier molecular flexibility index (Phi) is 5.42. The SMILES string of the molecule is Cc1ccc(NC(=O)CSc2nncn2-c2ccc(C)cc2C)c(C)c1. The third-order valence-electron chi connectivity index (χ3n) is 4.12. The summed E-state index contributed by atoms with van der Waals surface area (Å²) in [5, 5.41) is 11.8. The Morgan fingerprint density at radius 1 is 1.04 bits per heavy atom. The standard InChI is InChI=1S/C20H22N4OS/c1-13-5-7-17(15(3)9-13)22-19(25)11-26-20-23-21-12-24(20)18-8-6-14(2)10-16(18)4/h5-10,12H,11H2,1-4H3,(H,22,25). The molecule has 0 fully saturated rings. The van der Waals surface area contributed by atoms with Crippen LogP contribution in [0.1, 0.15) is 22.3 Å². The van der Waals surface area contributed by atoms with E-state index in [1.165, 1.54) is 22.9 Å². The Bertz CT molecular complexity index is 949. The molecular formula is C20H22N4OS. The monoisotopic (exact) mass is 366 g/mol. The smallest absolute Gasteiger partial charge is 0.234 e. The van der Waals surface area contributed by atoms with Crippen LogP contribution in [-0.4, -0.2) is 26.4 Å². The molecule has 0 bridgehead atoms. The highest BCUT2D eigenvalue weighted by Crippen LogP contribution is 2.23. The normalized spacial score (nSPS) is 10.8. The molecule has 134 valence electrons. The number of aromatic nitrogens is 3. The number of nitrogens with one attached hydrogen (secondary N) is 1. The number of anilines is 1. The Morgan fingerprint density at radius 2 is 1.73 bits per heavy atom. The fourth-order valence-electron chi connectivity index (χ4n) is 2.83. The highest BCUT2D eigenvalue weighted by Gasteiger charge is 2.12. The van der Waals surface area contributed by atoms with E-state index in [4.69, 9.17) is 0 Å². The van der Waals surface area contributed by atoms with Crippen molar-refractivity contribution in [1.82, 2.24) is 14.8 Å². The Labute approximate surface area is 157 Å². The highest BCUT2D eigenvalue weighted by molar-refractivity contribution is 7.99. The van der Waals surface area contributed by atoms with E-state index in [9.17, 15) is 4.79 Å². The molecule has 0 aliphatic heterocycles. The number of amides is 1. The molecule has 0 atom stereocenters. The maximum Gasteiger partial charge on any atom is 0.234 e. The van der Waals surface area contributed by atoms with E-state index < -0.39 is 0 Å². The summed E-state index contributed by atoms with van der Waals surface area (Å²) < 4.78 is 1.92. The molecule has 5 nitrogen and oxygen atoms in total. The molecule has 1 heterocycles. The second-order valence-electron chi connectivity index (χ2n) is 6.43. The number of carbonyl (C=O) groups is 1. The summed E-state index contributed by atoms with van der Waals surface area (Å²) in [5.74, 6) is 0.217. The molecule has 1 aromatic heterocycles. The molecule has 0 unspecified atom stereocenters. The Morgan fingerprint density at radius 3 is 2.42 bits per heavy atom. The van der Waals surface area contributed by atoms with Gasteiger partial charge in [0, 0.05) is 5.69 Å². The van der Waals surface area contributed by atoms with Gasteiger partial charge < -0.3 is 5.32 Å². The van der Waals surface area contributed by atoms with E-state index in [0.717, 1.165) is 22.5 Å².